The van der Waals surface area contributed by atoms with E-state index in [1.54, 1.807) is 0 Å². The molecule has 1 unspecified atom stereocenters. The molecular formula is C20H25N3O3S. The van der Waals surface area contributed by atoms with E-state index in [0.717, 1.165) is 68.4 Å². The predicted octanol–water partition coefficient (Wildman–Crippen LogP) is 3.65. The molecule has 1 spiro atoms. The molecular weight excluding hydrogens is 362 g/mol. The van der Waals surface area contributed by atoms with E-state index in [9.17, 15) is 4.79 Å². The number of ether oxygens (including phenoxy) is 1. The second-order valence-corrected chi connectivity index (χ2v) is 9.13. The summed E-state index contributed by atoms with van der Waals surface area (Å²) in [4.78, 5) is 20.0. The first-order chi connectivity index (χ1) is 13.2. The van der Waals surface area contributed by atoms with Crippen LogP contribution in [0.1, 0.15) is 65.8 Å². The number of carbonyl (C=O) groups is 1. The van der Waals surface area contributed by atoms with Crippen LogP contribution >= 0.6 is 11.3 Å². The summed E-state index contributed by atoms with van der Waals surface area (Å²) >= 11 is 1.52. The summed E-state index contributed by atoms with van der Waals surface area (Å²) in [6, 6.07) is 3.84. The molecule has 1 atom stereocenters. The number of hydrogen-bond donors (Lipinski definition) is 0. The highest BCUT2D eigenvalue weighted by molar-refractivity contribution is 7.12. The van der Waals surface area contributed by atoms with E-state index in [1.165, 1.54) is 24.2 Å². The molecule has 0 radical (unpaired) electrons. The van der Waals surface area contributed by atoms with Gasteiger partial charge in [-0.3, -0.25) is 4.79 Å². The van der Waals surface area contributed by atoms with Crippen molar-refractivity contribution >= 4 is 17.2 Å². The summed E-state index contributed by atoms with van der Waals surface area (Å²) in [5.41, 5.74) is -0.0888. The predicted molar refractivity (Wildman–Crippen MR) is 101 cm³/mol. The molecule has 2 aliphatic heterocycles. The van der Waals surface area contributed by atoms with E-state index in [0.29, 0.717) is 11.8 Å². The average molecular weight is 388 g/mol. The Morgan fingerprint density at radius 2 is 2.15 bits per heavy atom. The maximum absolute atomic E-state index is 12.6. The minimum absolute atomic E-state index is 0.0888. The van der Waals surface area contributed by atoms with Crippen LogP contribution in [0.15, 0.2) is 22.0 Å². The van der Waals surface area contributed by atoms with Crippen molar-refractivity contribution in [3.63, 3.8) is 0 Å². The van der Waals surface area contributed by atoms with Crippen LogP contribution < -0.4 is 0 Å². The van der Waals surface area contributed by atoms with Crippen LogP contribution in [-0.4, -0.2) is 46.2 Å². The molecule has 1 amide bonds. The number of hydrogen-bond acceptors (Lipinski definition) is 6. The van der Waals surface area contributed by atoms with Crippen LogP contribution in [0, 0.1) is 5.92 Å². The van der Waals surface area contributed by atoms with E-state index in [-0.39, 0.29) is 11.5 Å². The van der Waals surface area contributed by atoms with Crippen molar-refractivity contribution < 1.29 is 14.1 Å². The number of amides is 1. The molecule has 2 aromatic heterocycles. The summed E-state index contributed by atoms with van der Waals surface area (Å²) in [7, 11) is 0. The van der Waals surface area contributed by atoms with Gasteiger partial charge in [0.05, 0.1) is 10.5 Å². The van der Waals surface area contributed by atoms with Crippen LogP contribution in [0.4, 0.5) is 0 Å². The van der Waals surface area contributed by atoms with Gasteiger partial charge in [0.1, 0.15) is 0 Å². The van der Waals surface area contributed by atoms with Gasteiger partial charge in [-0.15, -0.1) is 11.3 Å². The van der Waals surface area contributed by atoms with Crippen LogP contribution in [0.25, 0.3) is 0 Å². The largest absolute Gasteiger partial charge is 0.375 e. The lowest BCUT2D eigenvalue weighted by atomic mass is 9.78. The molecule has 4 heterocycles. The molecule has 5 rings (SSSR count). The first-order valence-electron chi connectivity index (χ1n) is 10.00. The van der Waals surface area contributed by atoms with E-state index in [1.807, 2.05) is 22.4 Å². The Hall–Kier alpha value is -1.73. The maximum atomic E-state index is 12.6. The molecule has 6 nitrogen and oxygen atoms in total. The zero-order valence-electron chi connectivity index (χ0n) is 15.4. The third-order valence-electron chi connectivity index (χ3n) is 6.18. The molecule has 1 saturated carbocycles. The third kappa shape index (κ3) is 3.67. The van der Waals surface area contributed by atoms with Gasteiger partial charge in [-0.25, -0.2) is 0 Å². The number of aromatic nitrogens is 2. The molecule has 3 aliphatic rings. The standard InChI is InChI=1S/C20H25N3O3S/c24-19(16-2-1-11-27-16)23-8-6-20(7-9-23)13-14(5-10-25-20)12-17-21-18(22-26-17)15-3-4-15/h1-2,11,14-15H,3-10,12-13H2. The van der Waals surface area contributed by atoms with E-state index in [4.69, 9.17) is 9.26 Å². The number of rotatable bonds is 4. The van der Waals surface area contributed by atoms with Crippen molar-refractivity contribution in [2.45, 2.75) is 56.5 Å². The topological polar surface area (TPSA) is 68.5 Å². The third-order valence-corrected chi connectivity index (χ3v) is 7.04. The van der Waals surface area contributed by atoms with E-state index < -0.39 is 0 Å². The molecule has 1 aliphatic carbocycles. The van der Waals surface area contributed by atoms with Gasteiger partial charge in [0, 0.05) is 32.0 Å². The molecule has 2 aromatic rings. The fourth-order valence-corrected chi connectivity index (χ4v) is 5.12. The molecule has 0 bridgehead atoms. The number of thiophene rings is 1. The normalized spacial score (nSPS) is 25.0. The Labute approximate surface area is 162 Å². The van der Waals surface area contributed by atoms with E-state index >= 15 is 0 Å². The van der Waals surface area contributed by atoms with Crippen LogP contribution in [0.5, 0.6) is 0 Å². The first-order valence-corrected chi connectivity index (χ1v) is 10.9. The Balaban J connectivity index is 1.18. The van der Waals surface area contributed by atoms with Crippen molar-refractivity contribution in [3.05, 3.63) is 34.1 Å². The van der Waals surface area contributed by atoms with Crippen LogP contribution in [-0.2, 0) is 11.2 Å². The summed E-state index contributed by atoms with van der Waals surface area (Å²) in [5.74, 6) is 2.89. The van der Waals surface area contributed by atoms with Gasteiger partial charge < -0.3 is 14.2 Å². The Bertz CT molecular complexity index is 791. The van der Waals surface area contributed by atoms with Gasteiger partial charge in [-0.2, -0.15) is 4.98 Å². The minimum Gasteiger partial charge on any atom is -0.375 e. The lowest BCUT2D eigenvalue weighted by molar-refractivity contribution is -0.123. The van der Waals surface area contributed by atoms with Gasteiger partial charge in [0.15, 0.2) is 5.82 Å². The summed E-state index contributed by atoms with van der Waals surface area (Å²) < 4.78 is 11.7. The van der Waals surface area contributed by atoms with Crippen LogP contribution in [0.2, 0.25) is 0 Å². The van der Waals surface area contributed by atoms with Gasteiger partial charge in [-0.1, -0.05) is 11.2 Å². The Morgan fingerprint density at radius 1 is 1.30 bits per heavy atom. The van der Waals surface area contributed by atoms with Gasteiger partial charge in [-0.05, 0) is 55.9 Å². The minimum atomic E-state index is -0.0888. The highest BCUT2D eigenvalue weighted by Gasteiger charge is 2.41. The lowest BCUT2D eigenvalue weighted by Crippen LogP contribution is -2.50. The zero-order valence-corrected chi connectivity index (χ0v) is 16.2. The van der Waals surface area contributed by atoms with Crippen molar-refractivity contribution in [1.29, 1.82) is 0 Å². The fourth-order valence-electron chi connectivity index (χ4n) is 4.43. The number of likely N-dealkylation sites (tertiary alicyclic amines) is 1. The molecule has 0 aromatic carbocycles. The van der Waals surface area contributed by atoms with Gasteiger partial charge >= 0.3 is 0 Å². The number of nitrogens with zero attached hydrogens (tertiary/aromatic N) is 3. The molecule has 27 heavy (non-hydrogen) atoms. The zero-order chi connectivity index (χ0) is 18.3. The second-order valence-electron chi connectivity index (χ2n) is 8.18. The number of carbonyl (C=O) groups excluding carboxylic acids is 1. The smallest absolute Gasteiger partial charge is 0.263 e. The van der Waals surface area contributed by atoms with Gasteiger partial charge in [0.25, 0.3) is 5.91 Å². The molecule has 2 saturated heterocycles. The fraction of sp³-hybridized carbons (Fsp3) is 0.650. The van der Waals surface area contributed by atoms with Gasteiger partial charge in [0.2, 0.25) is 5.89 Å². The monoisotopic (exact) mass is 387 g/mol. The van der Waals surface area contributed by atoms with E-state index in [2.05, 4.69) is 10.1 Å². The highest BCUT2D eigenvalue weighted by Crippen LogP contribution is 2.40. The molecule has 3 fully saturated rings. The molecule has 144 valence electrons. The SMILES string of the molecule is O=C(c1cccs1)N1CCC2(CC1)CC(Cc1nc(C3CC3)no1)CCO2. The number of piperidine rings is 1. The van der Waals surface area contributed by atoms with Crippen LogP contribution in [0.3, 0.4) is 0 Å². The average Bonchev–Trinajstić information content (AvgIpc) is 3.18. The van der Waals surface area contributed by atoms with Crippen molar-refractivity contribution in [1.82, 2.24) is 15.0 Å². The molecule has 7 heteroatoms. The highest BCUT2D eigenvalue weighted by atomic mass is 32.1. The quantitative estimate of drug-likeness (QED) is 0.801. The Kier molecular flexibility index (Phi) is 4.52. The second kappa shape index (κ2) is 7.02. The first kappa shape index (κ1) is 17.4. The maximum Gasteiger partial charge on any atom is 0.263 e. The summed E-state index contributed by atoms with van der Waals surface area (Å²) in [6.07, 6.45) is 7.13. The summed E-state index contributed by atoms with van der Waals surface area (Å²) in [5, 5.41) is 6.10. The van der Waals surface area contributed by atoms with Crippen molar-refractivity contribution in [3.8, 4) is 0 Å². The van der Waals surface area contributed by atoms with Crippen molar-refractivity contribution in [2.75, 3.05) is 19.7 Å². The lowest BCUT2D eigenvalue weighted by Gasteiger charge is -2.46. The van der Waals surface area contributed by atoms with Crippen molar-refractivity contribution in [2.24, 2.45) is 5.92 Å². The Morgan fingerprint density at radius 3 is 2.89 bits per heavy atom. The molecule has 0 N–H and O–H groups in total. The summed E-state index contributed by atoms with van der Waals surface area (Å²) in [6.45, 7) is 2.33.